The molecule has 0 aliphatic carbocycles. The van der Waals surface area contributed by atoms with Crippen LogP contribution in [0.5, 0.6) is 0 Å². The summed E-state index contributed by atoms with van der Waals surface area (Å²) in [5.74, 6) is -0.832. The van der Waals surface area contributed by atoms with Crippen LogP contribution in [0.1, 0.15) is 25.8 Å². The molecule has 174 valence electrons. The minimum atomic E-state index is -3.83. The summed E-state index contributed by atoms with van der Waals surface area (Å²) in [6.07, 6.45) is 1.76. The second kappa shape index (κ2) is 11.5. The van der Waals surface area contributed by atoms with Crippen LogP contribution in [0, 0.1) is 0 Å². The van der Waals surface area contributed by atoms with E-state index in [-0.39, 0.29) is 28.2 Å². The molecule has 0 bridgehead atoms. The molecule has 2 aromatic carbocycles. The number of hydrogen-bond donors (Lipinski definition) is 1. The number of amides is 2. The second-order valence-electron chi connectivity index (χ2n) is 7.34. The van der Waals surface area contributed by atoms with E-state index >= 15 is 0 Å². The fourth-order valence-corrected chi connectivity index (χ4v) is 4.15. The van der Waals surface area contributed by atoms with Gasteiger partial charge in [0, 0.05) is 13.1 Å². The maximum Gasteiger partial charge on any atom is 0.244 e. The molecule has 0 aliphatic heterocycles. The number of halogens is 2. The highest BCUT2D eigenvalue weighted by Gasteiger charge is 2.30. The van der Waals surface area contributed by atoms with Crippen molar-refractivity contribution in [2.75, 3.05) is 23.7 Å². The maximum absolute atomic E-state index is 13.3. The lowest BCUT2D eigenvalue weighted by molar-refractivity contribution is -0.139. The Kier molecular flexibility index (Phi) is 9.36. The van der Waals surface area contributed by atoms with Crippen LogP contribution in [0.2, 0.25) is 10.0 Å². The van der Waals surface area contributed by atoms with Crippen molar-refractivity contribution in [1.29, 1.82) is 0 Å². The smallest absolute Gasteiger partial charge is 0.244 e. The predicted octanol–water partition coefficient (Wildman–Crippen LogP) is 3.70. The van der Waals surface area contributed by atoms with Gasteiger partial charge in [-0.15, -0.1) is 0 Å². The van der Waals surface area contributed by atoms with E-state index in [1.54, 1.807) is 6.92 Å². The number of nitrogens with zero attached hydrogens (tertiary/aromatic N) is 2. The fraction of sp³-hybridized carbons (Fsp3) is 0.364. The highest BCUT2D eigenvalue weighted by atomic mass is 35.5. The average molecular weight is 500 g/mol. The average Bonchev–Trinajstić information content (AvgIpc) is 2.75. The first-order valence-corrected chi connectivity index (χ1v) is 12.7. The van der Waals surface area contributed by atoms with E-state index in [2.05, 4.69) is 5.32 Å². The number of carbonyl (C=O) groups is 2. The molecule has 0 aliphatic rings. The zero-order chi connectivity index (χ0) is 23.9. The Bertz CT molecular complexity index is 1050. The molecule has 0 unspecified atom stereocenters. The van der Waals surface area contributed by atoms with Crippen LogP contribution in [0.25, 0.3) is 0 Å². The standard InChI is InChI=1S/C22H27Cl2N3O4S/c1-4-12-25-22(29)16(2)26(14-17-8-6-5-7-9-17)21(28)15-27(32(3,30)31)18-10-11-19(23)20(24)13-18/h5-11,13,16H,4,12,14-15H2,1-3H3,(H,25,29)/t16-/m0/s1. The Morgan fingerprint density at radius 2 is 1.72 bits per heavy atom. The van der Waals surface area contributed by atoms with Crippen molar-refractivity contribution in [3.8, 4) is 0 Å². The van der Waals surface area contributed by atoms with Crippen LogP contribution in [-0.4, -0.2) is 50.5 Å². The molecular weight excluding hydrogens is 473 g/mol. The van der Waals surface area contributed by atoms with Gasteiger partial charge in [0.1, 0.15) is 12.6 Å². The molecule has 1 atom stereocenters. The molecule has 0 saturated carbocycles. The molecule has 2 rings (SSSR count). The number of benzene rings is 2. The monoisotopic (exact) mass is 499 g/mol. The molecule has 2 amide bonds. The van der Waals surface area contributed by atoms with Crippen LogP contribution in [-0.2, 0) is 26.2 Å². The van der Waals surface area contributed by atoms with Crippen molar-refractivity contribution in [3.05, 3.63) is 64.1 Å². The van der Waals surface area contributed by atoms with Gasteiger partial charge in [-0.1, -0.05) is 60.5 Å². The van der Waals surface area contributed by atoms with E-state index < -0.39 is 28.5 Å². The number of hydrogen-bond acceptors (Lipinski definition) is 4. The van der Waals surface area contributed by atoms with Gasteiger partial charge in [-0.2, -0.15) is 0 Å². The van der Waals surface area contributed by atoms with Gasteiger partial charge in [0.25, 0.3) is 0 Å². The lowest BCUT2D eigenvalue weighted by Crippen LogP contribution is -2.51. The lowest BCUT2D eigenvalue weighted by atomic mass is 10.1. The third-order valence-electron chi connectivity index (χ3n) is 4.78. The Morgan fingerprint density at radius 3 is 2.28 bits per heavy atom. The molecule has 0 spiro atoms. The highest BCUT2D eigenvalue weighted by molar-refractivity contribution is 7.92. The summed E-state index contributed by atoms with van der Waals surface area (Å²) in [6, 6.07) is 12.7. The Hall–Kier alpha value is -2.29. The SMILES string of the molecule is CCCNC(=O)[C@H](C)N(Cc1ccccc1)C(=O)CN(c1ccc(Cl)c(Cl)c1)S(C)(=O)=O. The normalized spacial score (nSPS) is 12.2. The first-order chi connectivity index (χ1) is 15.0. The van der Waals surface area contributed by atoms with E-state index in [4.69, 9.17) is 23.2 Å². The van der Waals surface area contributed by atoms with Gasteiger partial charge >= 0.3 is 0 Å². The fourth-order valence-electron chi connectivity index (χ4n) is 3.01. The molecule has 7 nitrogen and oxygen atoms in total. The van der Waals surface area contributed by atoms with E-state index in [1.165, 1.54) is 23.1 Å². The van der Waals surface area contributed by atoms with Gasteiger partial charge in [-0.3, -0.25) is 13.9 Å². The molecule has 0 aromatic heterocycles. The van der Waals surface area contributed by atoms with Crippen molar-refractivity contribution in [2.45, 2.75) is 32.9 Å². The van der Waals surface area contributed by atoms with E-state index in [0.717, 1.165) is 22.5 Å². The largest absolute Gasteiger partial charge is 0.354 e. The Morgan fingerprint density at radius 1 is 1.06 bits per heavy atom. The summed E-state index contributed by atoms with van der Waals surface area (Å²) >= 11 is 12.0. The number of rotatable bonds is 10. The molecule has 2 aromatic rings. The summed E-state index contributed by atoms with van der Waals surface area (Å²) in [6.45, 7) is 3.69. The van der Waals surface area contributed by atoms with Gasteiger partial charge in [0.15, 0.2) is 0 Å². The van der Waals surface area contributed by atoms with Crippen molar-refractivity contribution in [1.82, 2.24) is 10.2 Å². The Balaban J connectivity index is 2.36. The minimum absolute atomic E-state index is 0.152. The van der Waals surface area contributed by atoms with Crippen LogP contribution < -0.4 is 9.62 Å². The predicted molar refractivity (Wildman–Crippen MR) is 128 cm³/mol. The minimum Gasteiger partial charge on any atom is -0.354 e. The second-order valence-corrected chi connectivity index (χ2v) is 10.1. The van der Waals surface area contributed by atoms with Crippen LogP contribution in [0.4, 0.5) is 5.69 Å². The number of carbonyl (C=O) groups excluding carboxylic acids is 2. The molecule has 0 fully saturated rings. The van der Waals surface area contributed by atoms with Gasteiger partial charge in [-0.05, 0) is 37.1 Å². The summed E-state index contributed by atoms with van der Waals surface area (Å²) in [7, 11) is -3.83. The zero-order valence-corrected chi connectivity index (χ0v) is 20.5. The summed E-state index contributed by atoms with van der Waals surface area (Å²) in [5.41, 5.74) is 1.02. The van der Waals surface area contributed by atoms with Crippen molar-refractivity contribution in [3.63, 3.8) is 0 Å². The first kappa shape index (κ1) is 26.0. The molecular formula is C22H27Cl2N3O4S. The zero-order valence-electron chi connectivity index (χ0n) is 18.2. The van der Waals surface area contributed by atoms with Crippen LogP contribution in [0.15, 0.2) is 48.5 Å². The van der Waals surface area contributed by atoms with Gasteiger partial charge in [0.05, 0.1) is 22.0 Å². The van der Waals surface area contributed by atoms with E-state index in [1.807, 2.05) is 37.3 Å². The van der Waals surface area contributed by atoms with Crippen molar-refractivity contribution < 1.29 is 18.0 Å². The van der Waals surface area contributed by atoms with Gasteiger partial charge in [0.2, 0.25) is 21.8 Å². The van der Waals surface area contributed by atoms with E-state index in [9.17, 15) is 18.0 Å². The van der Waals surface area contributed by atoms with Gasteiger partial charge < -0.3 is 10.2 Å². The van der Waals surface area contributed by atoms with Crippen molar-refractivity contribution in [2.24, 2.45) is 0 Å². The maximum atomic E-state index is 13.3. The summed E-state index contributed by atoms with van der Waals surface area (Å²) in [5, 5.41) is 3.22. The van der Waals surface area contributed by atoms with Crippen LogP contribution in [0.3, 0.4) is 0 Å². The summed E-state index contributed by atoms with van der Waals surface area (Å²) < 4.78 is 25.9. The lowest BCUT2D eigenvalue weighted by Gasteiger charge is -2.31. The molecule has 0 heterocycles. The molecule has 0 saturated heterocycles. The third-order valence-corrected chi connectivity index (χ3v) is 6.66. The number of nitrogens with one attached hydrogen (secondary N) is 1. The van der Waals surface area contributed by atoms with Crippen molar-refractivity contribution >= 4 is 50.7 Å². The summed E-state index contributed by atoms with van der Waals surface area (Å²) in [4.78, 5) is 27.3. The van der Waals surface area contributed by atoms with Gasteiger partial charge in [-0.25, -0.2) is 8.42 Å². The Labute approximate surface area is 199 Å². The molecule has 32 heavy (non-hydrogen) atoms. The third kappa shape index (κ3) is 7.12. The number of sulfonamides is 1. The quantitative estimate of drug-likeness (QED) is 0.539. The topological polar surface area (TPSA) is 86.8 Å². The molecule has 0 radical (unpaired) electrons. The number of anilines is 1. The van der Waals surface area contributed by atoms with Crippen LogP contribution >= 0.6 is 23.2 Å². The van der Waals surface area contributed by atoms with E-state index in [0.29, 0.717) is 6.54 Å². The molecule has 10 heteroatoms. The first-order valence-electron chi connectivity index (χ1n) is 10.1. The highest BCUT2D eigenvalue weighted by Crippen LogP contribution is 2.28. The molecule has 1 N–H and O–H groups in total.